The molecular formula is C22H24N2O4S. The topological polar surface area (TPSA) is 74.8 Å². The van der Waals surface area contributed by atoms with Crippen LogP contribution in [0.4, 0.5) is 11.4 Å². The largest absolute Gasteiger partial charge is 0.312 e. The molecule has 0 spiro atoms. The second-order valence-electron chi connectivity index (χ2n) is 7.70. The summed E-state index contributed by atoms with van der Waals surface area (Å²) in [6.07, 6.45) is 1.37. The molecule has 29 heavy (non-hydrogen) atoms. The molecule has 2 heterocycles. The highest BCUT2D eigenvalue weighted by Gasteiger charge is 2.32. The van der Waals surface area contributed by atoms with Crippen LogP contribution in [0.3, 0.4) is 0 Å². The number of benzene rings is 2. The van der Waals surface area contributed by atoms with Crippen LogP contribution in [0, 0.1) is 0 Å². The highest BCUT2D eigenvalue weighted by atomic mass is 32.2. The van der Waals surface area contributed by atoms with Gasteiger partial charge in [0, 0.05) is 37.8 Å². The standard InChI is InChI=1S/C22H24N2O4S/c1-15(13-22(26)24-12-9-17-5-3-4-6-20(17)24)29(27,28)19-7-8-21-18(14-19)10-11-23(21)16(2)25/h3-8,14-15H,9-13H2,1-2H3/t15-/m1/s1. The molecule has 0 radical (unpaired) electrons. The maximum atomic E-state index is 13.1. The number of anilines is 2. The summed E-state index contributed by atoms with van der Waals surface area (Å²) in [6.45, 7) is 4.25. The van der Waals surface area contributed by atoms with Gasteiger partial charge in [0.1, 0.15) is 0 Å². The summed E-state index contributed by atoms with van der Waals surface area (Å²) in [4.78, 5) is 28.1. The Balaban J connectivity index is 1.52. The molecule has 2 aromatic carbocycles. The molecule has 2 amide bonds. The molecule has 6 nitrogen and oxygen atoms in total. The van der Waals surface area contributed by atoms with E-state index >= 15 is 0 Å². The molecule has 0 aliphatic carbocycles. The fraction of sp³-hybridized carbons (Fsp3) is 0.364. The van der Waals surface area contributed by atoms with Crippen molar-refractivity contribution < 1.29 is 18.0 Å². The van der Waals surface area contributed by atoms with Crippen LogP contribution in [-0.2, 0) is 32.3 Å². The molecule has 0 fully saturated rings. The highest BCUT2D eigenvalue weighted by molar-refractivity contribution is 7.92. The Morgan fingerprint density at radius 3 is 2.38 bits per heavy atom. The quantitative estimate of drug-likeness (QED) is 0.774. The Kier molecular flexibility index (Phi) is 4.94. The Hall–Kier alpha value is -2.67. The predicted molar refractivity (Wildman–Crippen MR) is 112 cm³/mol. The summed E-state index contributed by atoms with van der Waals surface area (Å²) < 4.78 is 26.2. The third-order valence-electron chi connectivity index (χ3n) is 5.84. The molecule has 2 aromatic rings. The summed E-state index contributed by atoms with van der Waals surface area (Å²) in [5, 5.41) is -0.828. The summed E-state index contributed by atoms with van der Waals surface area (Å²) in [7, 11) is -3.65. The van der Waals surface area contributed by atoms with E-state index in [9.17, 15) is 18.0 Å². The summed E-state index contributed by atoms with van der Waals surface area (Å²) in [6, 6.07) is 12.6. The Morgan fingerprint density at radius 1 is 0.966 bits per heavy atom. The maximum absolute atomic E-state index is 13.1. The smallest absolute Gasteiger partial charge is 0.228 e. The number of rotatable bonds is 4. The lowest BCUT2D eigenvalue weighted by Gasteiger charge is -2.20. The van der Waals surface area contributed by atoms with Crippen LogP contribution in [-0.4, -0.2) is 38.6 Å². The zero-order valence-electron chi connectivity index (χ0n) is 16.6. The SMILES string of the molecule is CC(=O)N1CCc2cc(S(=O)(=O)[C@H](C)CC(=O)N3CCc4ccccc43)ccc21. The van der Waals surface area contributed by atoms with Crippen molar-refractivity contribution in [3.05, 3.63) is 53.6 Å². The van der Waals surface area contributed by atoms with E-state index in [-0.39, 0.29) is 23.1 Å². The van der Waals surface area contributed by atoms with Crippen molar-refractivity contribution in [1.29, 1.82) is 0 Å². The van der Waals surface area contributed by atoms with Crippen LogP contribution in [0.2, 0.25) is 0 Å². The summed E-state index contributed by atoms with van der Waals surface area (Å²) in [5.41, 5.74) is 3.62. The first-order valence-corrected chi connectivity index (χ1v) is 11.4. The lowest BCUT2D eigenvalue weighted by molar-refractivity contribution is -0.118. The van der Waals surface area contributed by atoms with E-state index in [0.717, 1.165) is 28.9 Å². The van der Waals surface area contributed by atoms with Gasteiger partial charge in [-0.2, -0.15) is 0 Å². The number of carbonyl (C=O) groups excluding carboxylic acids is 2. The number of nitrogens with zero attached hydrogens (tertiary/aromatic N) is 2. The van der Waals surface area contributed by atoms with Crippen molar-refractivity contribution >= 4 is 33.0 Å². The third-order valence-corrected chi connectivity index (χ3v) is 7.97. The van der Waals surface area contributed by atoms with Gasteiger partial charge in [0.25, 0.3) is 0 Å². The molecule has 0 saturated heterocycles. The Bertz CT molecular complexity index is 1090. The van der Waals surface area contributed by atoms with Crippen LogP contribution >= 0.6 is 0 Å². The van der Waals surface area contributed by atoms with Crippen molar-refractivity contribution in [1.82, 2.24) is 0 Å². The van der Waals surface area contributed by atoms with Gasteiger partial charge in [0.05, 0.1) is 10.1 Å². The Morgan fingerprint density at radius 2 is 1.62 bits per heavy atom. The molecule has 1 atom stereocenters. The van der Waals surface area contributed by atoms with E-state index in [4.69, 9.17) is 0 Å². The minimum Gasteiger partial charge on any atom is -0.312 e. The predicted octanol–water partition coefficient (Wildman–Crippen LogP) is 2.74. The van der Waals surface area contributed by atoms with E-state index in [0.29, 0.717) is 19.5 Å². The normalized spacial score (nSPS) is 16.5. The van der Waals surface area contributed by atoms with Gasteiger partial charge in [0.15, 0.2) is 9.84 Å². The first kappa shape index (κ1) is 19.6. The Labute approximate surface area is 171 Å². The second kappa shape index (κ2) is 7.30. The number of sulfone groups is 1. The monoisotopic (exact) mass is 412 g/mol. The molecule has 4 rings (SSSR count). The van der Waals surface area contributed by atoms with E-state index in [2.05, 4.69) is 0 Å². The average molecular weight is 413 g/mol. The molecule has 2 aliphatic heterocycles. The minimum atomic E-state index is -3.65. The van der Waals surface area contributed by atoms with Crippen molar-refractivity contribution in [2.45, 2.75) is 43.3 Å². The molecule has 0 unspecified atom stereocenters. The van der Waals surface area contributed by atoms with Gasteiger partial charge in [-0.15, -0.1) is 0 Å². The van der Waals surface area contributed by atoms with E-state index in [1.54, 1.807) is 34.9 Å². The van der Waals surface area contributed by atoms with Crippen molar-refractivity contribution in [2.75, 3.05) is 22.9 Å². The highest BCUT2D eigenvalue weighted by Crippen LogP contribution is 2.32. The van der Waals surface area contributed by atoms with Gasteiger partial charge >= 0.3 is 0 Å². The molecule has 2 aliphatic rings. The van der Waals surface area contributed by atoms with Crippen LogP contribution in [0.25, 0.3) is 0 Å². The third kappa shape index (κ3) is 3.44. The fourth-order valence-corrected chi connectivity index (χ4v) is 5.57. The van der Waals surface area contributed by atoms with Crippen molar-refractivity contribution in [3.63, 3.8) is 0 Å². The number of carbonyl (C=O) groups is 2. The van der Waals surface area contributed by atoms with Gasteiger partial charge in [-0.25, -0.2) is 8.42 Å². The van der Waals surface area contributed by atoms with Crippen LogP contribution in [0.1, 0.15) is 31.4 Å². The summed E-state index contributed by atoms with van der Waals surface area (Å²) in [5.74, 6) is -0.223. The first-order valence-electron chi connectivity index (χ1n) is 9.82. The molecule has 0 saturated carbocycles. The van der Waals surface area contributed by atoms with Gasteiger partial charge in [-0.1, -0.05) is 18.2 Å². The molecule has 0 aromatic heterocycles. The number of hydrogen-bond acceptors (Lipinski definition) is 4. The molecule has 0 bridgehead atoms. The number of hydrogen-bond donors (Lipinski definition) is 0. The van der Waals surface area contributed by atoms with Crippen LogP contribution in [0.5, 0.6) is 0 Å². The second-order valence-corrected chi connectivity index (χ2v) is 10.1. The maximum Gasteiger partial charge on any atom is 0.228 e. The zero-order chi connectivity index (χ0) is 20.8. The minimum absolute atomic E-state index is 0.0517. The van der Waals surface area contributed by atoms with Crippen LogP contribution < -0.4 is 9.80 Å². The molecule has 152 valence electrons. The van der Waals surface area contributed by atoms with Gasteiger partial charge in [0.2, 0.25) is 11.8 Å². The lowest BCUT2D eigenvalue weighted by Crippen LogP contribution is -2.33. The van der Waals surface area contributed by atoms with E-state index < -0.39 is 15.1 Å². The van der Waals surface area contributed by atoms with Crippen molar-refractivity contribution in [2.24, 2.45) is 0 Å². The van der Waals surface area contributed by atoms with Crippen molar-refractivity contribution in [3.8, 4) is 0 Å². The summed E-state index contributed by atoms with van der Waals surface area (Å²) >= 11 is 0. The number of amides is 2. The van der Waals surface area contributed by atoms with Gasteiger partial charge in [-0.3, -0.25) is 9.59 Å². The number of fused-ring (bicyclic) bond motifs is 2. The average Bonchev–Trinajstić information content (AvgIpc) is 3.31. The zero-order valence-corrected chi connectivity index (χ0v) is 17.4. The molecular weight excluding hydrogens is 388 g/mol. The molecule has 0 N–H and O–H groups in total. The van der Waals surface area contributed by atoms with E-state index in [1.165, 1.54) is 6.92 Å². The van der Waals surface area contributed by atoms with Crippen LogP contribution in [0.15, 0.2) is 47.4 Å². The fourth-order valence-electron chi connectivity index (χ4n) is 4.18. The number of para-hydroxylation sites is 1. The first-order chi connectivity index (χ1) is 13.8. The molecule has 7 heteroatoms. The van der Waals surface area contributed by atoms with E-state index in [1.807, 2.05) is 24.3 Å². The lowest BCUT2D eigenvalue weighted by atomic mass is 10.2. The van der Waals surface area contributed by atoms with Gasteiger partial charge in [-0.05, 0) is 55.2 Å². The van der Waals surface area contributed by atoms with Gasteiger partial charge < -0.3 is 9.80 Å².